The quantitative estimate of drug-likeness (QED) is 0.210. The second kappa shape index (κ2) is 13.2. The fraction of sp³-hybridized carbons (Fsp3) is 0.846. The van der Waals surface area contributed by atoms with E-state index in [2.05, 4.69) is 20.8 Å². The highest BCUT2D eigenvalue weighted by atomic mass is 16.6. The van der Waals surface area contributed by atoms with Gasteiger partial charge in [0.15, 0.2) is 0 Å². The van der Waals surface area contributed by atoms with Gasteiger partial charge >= 0.3 is 11.9 Å². The molecule has 0 unspecified atom stereocenters. The molecule has 4 nitrogen and oxygen atoms in total. The smallest absolute Gasteiger partial charge is 0.331 e. The molecule has 2 rings (SSSR count). The van der Waals surface area contributed by atoms with Crippen LogP contribution in [-0.4, -0.2) is 24.1 Å². The van der Waals surface area contributed by atoms with Crippen LogP contribution in [0.1, 0.15) is 124 Å². The second-order valence-corrected chi connectivity index (χ2v) is 9.95. The summed E-state index contributed by atoms with van der Waals surface area (Å²) in [5, 5.41) is 0. The fourth-order valence-electron chi connectivity index (χ4n) is 4.89. The van der Waals surface area contributed by atoms with Crippen LogP contribution in [-0.2, 0) is 19.1 Å². The zero-order valence-electron chi connectivity index (χ0n) is 19.7. The SMILES string of the molecule is CCCCCCCCCCCCCCCC(=O)O[C@@H]1C[C@H]2OC(=O)C=C2C(C)(C)C1. The van der Waals surface area contributed by atoms with Gasteiger partial charge < -0.3 is 9.47 Å². The number of rotatable bonds is 15. The molecule has 30 heavy (non-hydrogen) atoms. The summed E-state index contributed by atoms with van der Waals surface area (Å²) in [4.78, 5) is 23.8. The minimum absolute atomic E-state index is 0.101. The first kappa shape index (κ1) is 24.9. The van der Waals surface area contributed by atoms with Gasteiger partial charge in [0, 0.05) is 18.9 Å². The summed E-state index contributed by atoms with van der Waals surface area (Å²) in [6.07, 6.45) is 20.0. The Morgan fingerprint density at radius 1 is 0.967 bits per heavy atom. The molecule has 2 atom stereocenters. The van der Waals surface area contributed by atoms with Crippen molar-refractivity contribution >= 4 is 11.9 Å². The molecule has 1 heterocycles. The van der Waals surface area contributed by atoms with E-state index in [9.17, 15) is 9.59 Å². The van der Waals surface area contributed by atoms with Crippen LogP contribution in [0.15, 0.2) is 11.6 Å². The Morgan fingerprint density at radius 3 is 2.07 bits per heavy atom. The molecule has 0 saturated heterocycles. The normalized spacial score (nSPS) is 22.4. The molecule has 0 spiro atoms. The van der Waals surface area contributed by atoms with E-state index in [1.54, 1.807) is 6.08 Å². The van der Waals surface area contributed by atoms with E-state index >= 15 is 0 Å². The number of fused-ring (bicyclic) bond motifs is 1. The Labute approximate surface area is 184 Å². The van der Waals surface area contributed by atoms with E-state index in [0.717, 1.165) is 24.8 Å². The van der Waals surface area contributed by atoms with Gasteiger partial charge in [-0.2, -0.15) is 0 Å². The van der Waals surface area contributed by atoms with E-state index in [4.69, 9.17) is 9.47 Å². The maximum absolute atomic E-state index is 12.2. The Balaban J connectivity index is 1.45. The zero-order valence-corrected chi connectivity index (χ0v) is 19.7. The lowest BCUT2D eigenvalue weighted by molar-refractivity contribution is -0.155. The van der Waals surface area contributed by atoms with Crippen molar-refractivity contribution in [2.75, 3.05) is 0 Å². The van der Waals surface area contributed by atoms with E-state index in [1.807, 2.05) is 0 Å². The van der Waals surface area contributed by atoms with Gasteiger partial charge in [0.25, 0.3) is 0 Å². The molecule has 2 aliphatic rings. The van der Waals surface area contributed by atoms with Gasteiger partial charge in [-0.3, -0.25) is 4.79 Å². The lowest BCUT2D eigenvalue weighted by atomic mass is 9.71. The van der Waals surface area contributed by atoms with Gasteiger partial charge in [-0.1, -0.05) is 97.8 Å². The highest BCUT2D eigenvalue weighted by molar-refractivity contribution is 5.86. The van der Waals surface area contributed by atoms with Gasteiger partial charge in [0.05, 0.1) is 0 Å². The molecule has 0 aromatic heterocycles. The van der Waals surface area contributed by atoms with Gasteiger partial charge in [-0.15, -0.1) is 0 Å². The summed E-state index contributed by atoms with van der Waals surface area (Å²) < 4.78 is 11.1. The molecule has 0 bridgehead atoms. The van der Waals surface area contributed by atoms with Crippen molar-refractivity contribution in [3.8, 4) is 0 Å². The molecule has 1 fully saturated rings. The third-order valence-corrected chi connectivity index (χ3v) is 6.66. The summed E-state index contributed by atoms with van der Waals surface area (Å²) in [6.45, 7) is 6.46. The van der Waals surface area contributed by atoms with E-state index in [0.29, 0.717) is 12.8 Å². The standard InChI is InChI=1S/C26H44O4/c1-4-5-6-7-8-9-10-11-12-13-14-15-16-17-24(27)29-21-18-23-22(19-25(28)30-23)26(2,3)20-21/h19,21,23H,4-18,20H2,1-3H3/t21-,23-/m1/s1. The zero-order chi connectivity index (χ0) is 21.8. The maximum atomic E-state index is 12.2. The van der Waals surface area contributed by atoms with Gasteiger partial charge in [0.2, 0.25) is 0 Å². The average molecular weight is 421 g/mol. The Bertz CT molecular complexity index is 563. The lowest BCUT2D eigenvalue weighted by Gasteiger charge is -2.39. The number of unbranched alkanes of at least 4 members (excludes halogenated alkanes) is 12. The molecule has 1 aliphatic carbocycles. The summed E-state index contributed by atoms with van der Waals surface area (Å²) in [5.74, 6) is -0.363. The van der Waals surface area contributed by atoms with Crippen LogP contribution < -0.4 is 0 Å². The maximum Gasteiger partial charge on any atom is 0.331 e. The topological polar surface area (TPSA) is 52.6 Å². The first-order valence-corrected chi connectivity index (χ1v) is 12.5. The summed E-state index contributed by atoms with van der Waals surface area (Å²) >= 11 is 0. The molecule has 0 aromatic carbocycles. The predicted molar refractivity (Wildman–Crippen MR) is 121 cm³/mol. The highest BCUT2D eigenvalue weighted by Crippen LogP contribution is 2.45. The first-order chi connectivity index (χ1) is 14.4. The summed E-state index contributed by atoms with van der Waals surface area (Å²) in [7, 11) is 0. The van der Waals surface area contributed by atoms with Gasteiger partial charge in [0.1, 0.15) is 12.2 Å². The van der Waals surface area contributed by atoms with Crippen molar-refractivity contribution in [3.63, 3.8) is 0 Å². The summed E-state index contributed by atoms with van der Waals surface area (Å²) in [5.41, 5.74) is 0.895. The van der Waals surface area contributed by atoms with Crippen molar-refractivity contribution in [3.05, 3.63) is 11.6 Å². The molecular formula is C26H44O4. The van der Waals surface area contributed by atoms with Gasteiger partial charge in [-0.25, -0.2) is 4.79 Å². The predicted octanol–water partition coefficient (Wildman–Crippen LogP) is 7.05. The Hall–Kier alpha value is -1.32. The first-order valence-electron chi connectivity index (χ1n) is 12.5. The monoisotopic (exact) mass is 420 g/mol. The summed E-state index contributed by atoms with van der Waals surface area (Å²) in [6, 6.07) is 0. The minimum atomic E-state index is -0.262. The molecular weight excluding hydrogens is 376 g/mol. The number of carbonyl (C=O) groups is 2. The van der Waals surface area contributed by atoms with Crippen molar-refractivity contribution in [1.29, 1.82) is 0 Å². The molecule has 0 amide bonds. The van der Waals surface area contributed by atoms with Crippen LogP contribution in [0.4, 0.5) is 0 Å². The van der Waals surface area contributed by atoms with E-state index in [-0.39, 0.29) is 29.6 Å². The Kier molecular flexibility index (Phi) is 11.0. The highest BCUT2D eigenvalue weighted by Gasteiger charge is 2.44. The Morgan fingerprint density at radius 2 is 1.50 bits per heavy atom. The van der Waals surface area contributed by atoms with E-state index < -0.39 is 0 Å². The van der Waals surface area contributed by atoms with Crippen LogP contribution in [0.2, 0.25) is 0 Å². The molecule has 0 radical (unpaired) electrons. The number of hydrogen-bond acceptors (Lipinski definition) is 4. The van der Waals surface area contributed by atoms with E-state index in [1.165, 1.54) is 70.6 Å². The van der Waals surface area contributed by atoms with Crippen LogP contribution in [0.5, 0.6) is 0 Å². The lowest BCUT2D eigenvalue weighted by Crippen LogP contribution is -2.39. The van der Waals surface area contributed by atoms with Gasteiger partial charge in [-0.05, 0) is 23.8 Å². The number of ether oxygens (including phenoxy) is 2. The molecule has 0 aromatic rings. The van der Waals surface area contributed by atoms with Crippen molar-refractivity contribution in [2.45, 2.75) is 136 Å². The molecule has 0 N–H and O–H groups in total. The average Bonchev–Trinajstić information content (AvgIpc) is 3.06. The third-order valence-electron chi connectivity index (χ3n) is 6.66. The number of hydrogen-bond donors (Lipinski definition) is 0. The third kappa shape index (κ3) is 8.81. The van der Waals surface area contributed by atoms with Crippen molar-refractivity contribution in [1.82, 2.24) is 0 Å². The minimum Gasteiger partial charge on any atom is -0.462 e. The van der Waals surface area contributed by atoms with Crippen molar-refractivity contribution < 1.29 is 19.1 Å². The molecule has 1 aliphatic heterocycles. The molecule has 4 heteroatoms. The van der Waals surface area contributed by atoms with Crippen LogP contribution in [0.3, 0.4) is 0 Å². The molecule has 1 saturated carbocycles. The number of esters is 2. The van der Waals surface area contributed by atoms with Crippen LogP contribution in [0, 0.1) is 5.41 Å². The van der Waals surface area contributed by atoms with Crippen LogP contribution in [0.25, 0.3) is 0 Å². The number of carbonyl (C=O) groups excluding carboxylic acids is 2. The largest absolute Gasteiger partial charge is 0.462 e. The van der Waals surface area contributed by atoms with Crippen LogP contribution >= 0.6 is 0 Å². The fourth-order valence-corrected chi connectivity index (χ4v) is 4.89. The second-order valence-electron chi connectivity index (χ2n) is 9.95. The van der Waals surface area contributed by atoms with Crippen molar-refractivity contribution in [2.24, 2.45) is 5.41 Å². The molecule has 172 valence electrons.